The van der Waals surface area contributed by atoms with Crippen molar-refractivity contribution in [1.29, 1.82) is 0 Å². The van der Waals surface area contributed by atoms with E-state index in [4.69, 9.17) is 32.9 Å². The predicted octanol–water partition coefficient (Wildman–Crippen LogP) is 7.45. The van der Waals surface area contributed by atoms with Crippen LogP contribution in [0.3, 0.4) is 0 Å². The number of ether oxygens (including phenoxy) is 1. The number of nitrogens with zero attached hydrogens (tertiary/aromatic N) is 3. The minimum absolute atomic E-state index is 0.558. The van der Waals surface area contributed by atoms with Crippen molar-refractivity contribution in [2.24, 2.45) is 0 Å². The van der Waals surface area contributed by atoms with Crippen molar-refractivity contribution < 1.29 is 4.74 Å². The molecule has 0 fully saturated rings. The lowest BCUT2D eigenvalue weighted by Crippen LogP contribution is -2.27. The number of pyridine rings is 1. The highest BCUT2D eigenvalue weighted by molar-refractivity contribution is 6.18. The van der Waals surface area contributed by atoms with Crippen LogP contribution >= 0.6 is 23.2 Å². The number of anilines is 1. The lowest BCUT2D eigenvalue weighted by Gasteiger charge is -2.23. The summed E-state index contributed by atoms with van der Waals surface area (Å²) in [5.74, 6) is 1.93. The first-order valence-electron chi connectivity index (χ1n) is 11.7. The number of benzene rings is 3. The van der Waals surface area contributed by atoms with E-state index in [1.165, 1.54) is 5.39 Å². The van der Waals surface area contributed by atoms with Crippen molar-refractivity contribution in [1.82, 2.24) is 9.55 Å². The lowest BCUT2D eigenvalue weighted by molar-refractivity contribution is 0.415. The number of hydrogen-bond acceptors (Lipinski definition) is 3. The molecule has 2 aromatic heterocycles. The van der Waals surface area contributed by atoms with E-state index < -0.39 is 0 Å². The van der Waals surface area contributed by atoms with E-state index in [-0.39, 0.29) is 0 Å². The molecular weight excluding hydrogens is 477 g/mol. The van der Waals surface area contributed by atoms with Crippen LogP contribution in [0, 0.1) is 6.92 Å². The van der Waals surface area contributed by atoms with Crippen molar-refractivity contribution in [2.75, 3.05) is 36.9 Å². The molecule has 5 rings (SSSR count). The molecule has 2 heterocycles. The quantitative estimate of drug-likeness (QED) is 0.206. The average molecular weight is 504 g/mol. The molecule has 0 radical (unpaired) electrons. The largest absolute Gasteiger partial charge is 0.497 e. The Labute approximate surface area is 215 Å². The fourth-order valence-corrected chi connectivity index (χ4v) is 5.10. The molecule has 0 amide bonds. The molecule has 0 aliphatic carbocycles. The number of halogens is 2. The Morgan fingerprint density at radius 2 is 1.63 bits per heavy atom. The van der Waals surface area contributed by atoms with Gasteiger partial charge < -0.3 is 14.2 Å². The summed E-state index contributed by atoms with van der Waals surface area (Å²) in [4.78, 5) is 6.98. The monoisotopic (exact) mass is 503 g/mol. The minimum Gasteiger partial charge on any atom is -0.497 e. The van der Waals surface area contributed by atoms with E-state index in [1.807, 2.05) is 19.1 Å². The molecule has 3 aromatic carbocycles. The Bertz CT molecular complexity index is 1470. The van der Waals surface area contributed by atoms with E-state index >= 15 is 0 Å². The van der Waals surface area contributed by atoms with Gasteiger partial charge in [0, 0.05) is 58.3 Å². The predicted molar refractivity (Wildman–Crippen MR) is 149 cm³/mol. The van der Waals surface area contributed by atoms with E-state index in [1.54, 1.807) is 7.11 Å². The zero-order chi connectivity index (χ0) is 24.4. The fourth-order valence-electron chi connectivity index (χ4n) is 4.69. The highest BCUT2D eigenvalue weighted by Gasteiger charge is 2.17. The number of alkyl halides is 2. The highest BCUT2D eigenvalue weighted by atomic mass is 35.5. The highest BCUT2D eigenvalue weighted by Crippen LogP contribution is 2.37. The summed E-state index contributed by atoms with van der Waals surface area (Å²) in [7, 11) is 1.69. The van der Waals surface area contributed by atoms with Gasteiger partial charge in [0.2, 0.25) is 0 Å². The summed E-state index contributed by atoms with van der Waals surface area (Å²) in [5, 5.41) is 2.24. The first-order valence-corrected chi connectivity index (χ1v) is 12.7. The van der Waals surface area contributed by atoms with Crippen molar-refractivity contribution in [2.45, 2.75) is 6.92 Å². The molecule has 0 unspecified atom stereocenters. The smallest absolute Gasteiger partial charge is 0.119 e. The molecule has 4 nitrogen and oxygen atoms in total. The van der Waals surface area contributed by atoms with E-state index in [0.717, 1.165) is 63.6 Å². The number of aromatic nitrogens is 2. The second kappa shape index (κ2) is 10.2. The molecule has 5 aromatic rings. The topological polar surface area (TPSA) is 30.3 Å². The third kappa shape index (κ3) is 4.56. The third-order valence-corrected chi connectivity index (χ3v) is 6.65. The SMILES string of the molecule is COc1ccc2nc(C)cc(-c3cc4ccccc4n3-c3ccc(N(CCCl)CCCl)cc3)c2c1. The van der Waals surface area contributed by atoms with Gasteiger partial charge in [-0.05, 0) is 67.6 Å². The van der Waals surface area contributed by atoms with Gasteiger partial charge in [0.05, 0.1) is 23.8 Å². The van der Waals surface area contributed by atoms with Crippen molar-refractivity contribution >= 4 is 50.7 Å². The van der Waals surface area contributed by atoms with Crippen molar-refractivity contribution in [3.8, 4) is 22.7 Å². The van der Waals surface area contributed by atoms with Gasteiger partial charge in [0.1, 0.15) is 5.75 Å². The minimum atomic E-state index is 0.558. The molecule has 0 saturated carbocycles. The average Bonchev–Trinajstić information content (AvgIpc) is 3.27. The maximum absolute atomic E-state index is 6.03. The molecule has 0 saturated heterocycles. The molecule has 0 aliphatic heterocycles. The molecule has 0 bridgehead atoms. The Hall–Kier alpha value is -3.21. The Morgan fingerprint density at radius 1 is 0.886 bits per heavy atom. The van der Waals surface area contributed by atoms with E-state index in [9.17, 15) is 0 Å². The van der Waals surface area contributed by atoms with Crippen LogP contribution in [0.1, 0.15) is 5.69 Å². The van der Waals surface area contributed by atoms with Gasteiger partial charge in [0.25, 0.3) is 0 Å². The van der Waals surface area contributed by atoms with Gasteiger partial charge in [-0.15, -0.1) is 23.2 Å². The number of para-hydroxylation sites is 1. The molecule has 6 heteroatoms. The van der Waals surface area contributed by atoms with Crippen LogP contribution < -0.4 is 9.64 Å². The first kappa shape index (κ1) is 23.5. The Morgan fingerprint density at radius 3 is 2.34 bits per heavy atom. The van der Waals surface area contributed by atoms with Gasteiger partial charge in [-0.1, -0.05) is 18.2 Å². The Kier molecular flexibility index (Phi) is 6.85. The fraction of sp³-hybridized carbons (Fsp3) is 0.207. The number of hydrogen-bond donors (Lipinski definition) is 0. The summed E-state index contributed by atoms with van der Waals surface area (Å²) in [5.41, 5.74) is 7.52. The van der Waals surface area contributed by atoms with Crippen LogP contribution in [0.25, 0.3) is 38.8 Å². The van der Waals surface area contributed by atoms with Crippen LogP contribution in [-0.4, -0.2) is 41.5 Å². The molecular formula is C29H27Cl2N3O. The first-order chi connectivity index (χ1) is 17.1. The number of fused-ring (bicyclic) bond motifs is 2. The van der Waals surface area contributed by atoms with E-state index in [2.05, 4.69) is 76.2 Å². The molecule has 0 atom stereocenters. The summed E-state index contributed by atoms with van der Waals surface area (Å²) in [6, 6.07) is 27.6. The molecule has 0 aliphatic rings. The van der Waals surface area contributed by atoms with Crippen molar-refractivity contribution in [3.63, 3.8) is 0 Å². The maximum Gasteiger partial charge on any atom is 0.119 e. The van der Waals surface area contributed by atoms with Gasteiger partial charge in [-0.3, -0.25) is 4.98 Å². The van der Waals surface area contributed by atoms with Crippen LogP contribution in [0.15, 0.2) is 78.9 Å². The normalized spacial score (nSPS) is 11.3. The second-order valence-electron chi connectivity index (χ2n) is 8.50. The summed E-state index contributed by atoms with van der Waals surface area (Å²) < 4.78 is 7.85. The zero-order valence-corrected chi connectivity index (χ0v) is 21.4. The molecule has 0 N–H and O–H groups in total. The zero-order valence-electron chi connectivity index (χ0n) is 19.8. The summed E-state index contributed by atoms with van der Waals surface area (Å²) >= 11 is 12.1. The summed E-state index contributed by atoms with van der Waals surface area (Å²) in [6.45, 7) is 3.56. The molecule has 178 valence electrons. The third-order valence-electron chi connectivity index (χ3n) is 6.31. The van der Waals surface area contributed by atoms with Crippen molar-refractivity contribution in [3.05, 3.63) is 84.6 Å². The van der Waals surface area contributed by atoms with Crippen LogP contribution in [0.5, 0.6) is 5.75 Å². The van der Waals surface area contributed by atoms with Crippen LogP contribution in [0.4, 0.5) is 5.69 Å². The van der Waals surface area contributed by atoms with Crippen LogP contribution in [-0.2, 0) is 0 Å². The number of rotatable bonds is 8. The Balaban J connectivity index is 1.71. The van der Waals surface area contributed by atoms with Gasteiger partial charge in [-0.25, -0.2) is 0 Å². The lowest BCUT2D eigenvalue weighted by atomic mass is 10.0. The molecule has 35 heavy (non-hydrogen) atoms. The van der Waals surface area contributed by atoms with Gasteiger partial charge in [-0.2, -0.15) is 0 Å². The summed E-state index contributed by atoms with van der Waals surface area (Å²) in [6.07, 6.45) is 0. The standard InChI is InChI=1S/C29H27Cl2N3O/c1-20-17-26(25-19-24(35-2)11-12-27(25)32-20)29-18-21-5-3-4-6-28(21)34(29)23-9-7-22(8-10-23)33(15-13-30)16-14-31/h3-12,17-19H,13-16H2,1-2H3. The van der Waals surface area contributed by atoms with E-state index in [0.29, 0.717) is 11.8 Å². The van der Waals surface area contributed by atoms with Gasteiger partial charge in [0.15, 0.2) is 0 Å². The maximum atomic E-state index is 6.03. The number of aryl methyl sites for hydroxylation is 1. The molecule has 0 spiro atoms. The second-order valence-corrected chi connectivity index (χ2v) is 9.26. The van der Waals surface area contributed by atoms with Crippen LogP contribution in [0.2, 0.25) is 0 Å². The van der Waals surface area contributed by atoms with Gasteiger partial charge >= 0.3 is 0 Å². The number of methoxy groups -OCH3 is 1.